The molecule has 23 heavy (non-hydrogen) atoms. The van der Waals surface area contributed by atoms with Crippen molar-refractivity contribution < 1.29 is 9.90 Å². The molecule has 0 aliphatic rings. The van der Waals surface area contributed by atoms with Crippen LogP contribution < -0.4 is 5.32 Å². The van der Waals surface area contributed by atoms with Crippen molar-refractivity contribution in [1.82, 2.24) is 4.57 Å². The summed E-state index contributed by atoms with van der Waals surface area (Å²) in [6.07, 6.45) is 0. The number of amides is 1. The summed E-state index contributed by atoms with van der Waals surface area (Å²) in [4.78, 5) is 12.5. The maximum atomic E-state index is 12.5. The Balaban J connectivity index is 1.93. The quantitative estimate of drug-likeness (QED) is 0.767. The van der Waals surface area contributed by atoms with Crippen LogP contribution in [0.15, 0.2) is 60.7 Å². The summed E-state index contributed by atoms with van der Waals surface area (Å²) in [5, 5.41) is 12.3. The number of nitrogens with zero attached hydrogens (tertiary/aromatic N) is 1. The first-order valence-electron chi connectivity index (χ1n) is 7.41. The standard InChI is InChI=1S/C19H18N2O2/c1-13-11-18(14(2)21(13)16-8-4-3-5-9-16)19(23)20-15-7-6-10-17(22)12-15/h3-12,22H,1-2H3,(H,20,23). The molecule has 0 aliphatic carbocycles. The molecule has 0 bridgehead atoms. The smallest absolute Gasteiger partial charge is 0.257 e. The van der Waals surface area contributed by atoms with E-state index in [1.165, 1.54) is 6.07 Å². The second-order valence-corrected chi connectivity index (χ2v) is 5.46. The largest absolute Gasteiger partial charge is 0.508 e. The highest BCUT2D eigenvalue weighted by molar-refractivity contribution is 6.05. The first kappa shape index (κ1) is 14.9. The monoisotopic (exact) mass is 306 g/mol. The number of carbonyl (C=O) groups is 1. The van der Waals surface area contributed by atoms with Gasteiger partial charge in [-0.3, -0.25) is 4.79 Å². The Kier molecular flexibility index (Phi) is 3.89. The van der Waals surface area contributed by atoms with Crippen LogP contribution in [0.1, 0.15) is 21.7 Å². The Bertz CT molecular complexity index is 851. The van der Waals surface area contributed by atoms with Gasteiger partial charge in [0.05, 0.1) is 5.56 Å². The first-order chi connectivity index (χ1) is 11.1. The normalized spacial score (nSPS) is 10.5. The molecule has 0 fully saturated rings. The number of hydrogen-bond acceptors (Lipinski definition) is 2. The van der Waals surface area contributed by atoms with Crippen molar-refractivity contribution in [1.29, 1.82) is 0 Å². The Morgan fingerprint density at radius 3 is 2.43 bits per heavy atom. The van der Waals surface area contributed by atoms with Crippen molar-refractivity contribution in [3.05, 3.63) is 77.6 Å². The van der Waals surface area contributed by atoms with Crippen LogP contribution in [-0.4, -0.2) is 15.6 Å². The van der Waals surface area contributed by atoms with Gasteiger partial charge in [-0.15, -0.1) is 0 Å². The minimum atomic E-state index is -0.189. The van der Waals surface area contributed by atoms with Crippen LogP contribution in [0.5, 0.6) is 5.75 Å². The summed E-state index contributed by atoms with van der Waals surface area (Å²) in [6.45, 7) is 3.91. The minimum absolute atomic E-state index is 0.123. The van der Waals surface area contributed by atoms with E-state index in [2.05, 4.69) is 9.88 Å². The lowest BCUT2D eigenvalue weighted by atomic mass is 10.2. The molecule has 0 radical (unpaired) electrons. The lowest BCUT2D eigenvalue weighted by Crippen LogP contribution is -2.13. The molecule has 2 N–H and O–H groups in total. The van der Waals surface area contributed by atoms with Gasteiger partial charge in [0, 0.05) is 28.8 Å². The predicted octanol–water partition coefficient (Wildman–Crippen LogP) is 4.05. The molecule has 1 amide bonds. The topological polar surface area (TPSA) is 54.3 Å². The highest BCUT2D eigenvalue weighted by atomic mass is 16.3. The molecular weight excluding hydrogens is 288 g/mol. The Hall–Kier alpha value is -3.01. The van der Waals surface area contributed by atoms with Crippen molar-refractivity contribution >= 4 is 11.6 Å². The summed E-state index contributed by atoms with van der Waals surface area (Å²) in [5.74, 6) is -0.0663. The molecule has 0 atom stereocenters. The van der Waals surface area contributed by atoms with Gasteiger partial charge in [0.15, 0.2) is 0 Å². The third kappa shape index (κ3) is 2.97. The molecule has 0 unspecified atom stereocenters. The van der Waals surface area contributed by atoms with Gasteiger partial charge in [0.25, 0.3) is 5.91 Å². The number of carbonyl (C=O) groups excluding carboxylic acids is 1. The van der Waals surface area contributed by atoms with Crippen LogP contribution in [0.4, 0.5) is 5.69 Å². The Labute approximate surface area is 135 Å². The van der Waals surface area contributed by atoms with Gasteiger partial charge in [-0.2, -0.15) is 0 Å². The lowest BCUT2D eigenvalue weighted by Gasteiger charge is -2.10. The van der Waals surface area contributed by atoms with Gasteiger partial charge in [0.1, 0.15) is 5.75 Å². The molecule has 2 aromatic carbocycles. The summed E-state index contributed by atoms with van der Waals surface area (Å²) in [6, 6.07) is 18.3. The zero-order valence-corrected chi connectivity index (χ0v) is 13.1. The molecule has 0 saturated heterocycles. The number of rotatable bonds is 3. The van der Waals surface area contributed by atoms with Crippen molar-refractivity contribution in [2.24, 2.45) is 0 Å². The van der Waals surface area contributed by atoms with Gasteiger partial charge in [-0.1, -0.05) is 24.3 Å². The van der Waals surface area contributed by atoms with E-state index >= 15 is 0 Å². The number of aromatic hydroxyl groups is 1. The minimum Gasteiger partial charge on any atom is -0.508 e. The second kappa shape index (κ2) is 6.01. The van der Waals surface area contributed by atoms with E-state index in [0.717, 1.165) is 17.1 Å². The summed E-state index contributed by atoms with van der Waals surface area (Å²) >= 11 is 0. The van der Waals surface area contributed by atoms with Crippen LogP contribution in [0.25, 0.3) is 5.69 Å². The van der Waals surface area contributed by atoms with E-state index in [9.17, 15) is 9.90 Å². The summed E-state index contributed by atoms with van der Waals surface area (Å²) in [7, 11) is 0. The third-order valence-corrected chi connectivity index (χ3v) is 3.79. The molecule has 3 aromatic rings. The number of anilines is 1. The SMILES string of the molecule is Cc1cc(C(=O)Nc2cccc(O)c2)c(C)n1-c1ccccc1. The molecule has 1 heterocycles. The number of nitrogens with one attached hydrogen (secondary N) is 1. The zero-order chi connectivity index (χ0) is 16.4. The molecular formula is C19H18N2O2. The van der Waals surface area contributed by atoms with Crippen molar-refractivity contribution in [2.45, 2.75) is 13.8 Å². The maximum absolute atomic E-state index is 12.5. The van der Waals surface area contributed by atoms with Crippen LogP contribution >= 0.6 is 0 Å². The lowest BCUT2D eigenvalue weighted by molar-refractivity contribution is 0.102. The zero-order valence-electron chi connectivity index (χ0n) is 13.1. The van der Waals surface area contributed by atoms with E-state index in [4.69, 9.17) is 0 Å². The van der Waals surface area contributed by atoms with Crippen LogP contribution in [0, 0.1) is 13.8 Å². The number of benzene rings is 2. The first-order valence-corrected chi connectivity index (χ1v) is 7.41. The number of phenolic OH excluding ortho intramolecular Hbond substituents is 1. The number of phenols is 1. The molecule has 4 heteroatoms. The molecule has 4 nitrogen and oxygen atoms in total. The van der Waals surface area contributed by atoms with Crippen LogP contribution in [0.3, 0.4) is 0 Å². The third-order valence-electron chi connectivity index (χ3n) is 3.79. The molecule has 0 spiro atoms. The van der Waals surface area contributed by atoms with E-state index in [1.807, 2.05) is 50.2 Å². The molecule has 1 aromatic heterocycles. The molecule has 116 valence electrons. The molecule has 3 rings (SSSR count). The summed E-state index contributed by atoms with van der Waals surface area (Å²) in [5.41, 5.74) is 4.09. The number of hydrogen-bond donors (Lipinski definition) is 2. The van der Waals surface area contributed by atoms with Gasteiger partial charge >= 0.3 is 0 Å². The van der Waals surface area contributed by atoms with Crippen LogP contribution in [-0.2, 0) is 0 Å². The van der Waals surface area contributed by atoms with Crippen LogP contribution in [0.2, 0.25) is 0 Å². The summed E-state index contributed by atoms with van der Waals surface area (Å²) < 4.78 is 2.05. The van der Waals surface area contributed by atoms with Gasteiger partial charge < -0.3 is 15.0 Å². The van der Waals surface area contributed by atoms with Gasteiger partial charge in [-0.25, -0.2) is 0 Å². The van der Waals surface area contributed by atoms with Gasteiger partial charge in [0.2, 0.25) is 0 Å². The maximum Gasteiger partial charge on any atom is 0.257 e. The van der Waals surface area contributed by atoms with E-state index in [-0.39, 0.29) is 11.7 Å². The second-order valence-electron chi connectivity index (χ2n) is 5.46. The average Bonchev–Trinajstić information content (AvgIpc) is 2.83. The Morgan fingerprint density at radius 1 is 1.00 bits per heavy atom. The highest BCUT2D eigenvalue weighted by Gasteiger charge is 2.16. The average molecular weight is 306 g/mol. The van der Waals surface area contributed by atoms with E-state index in [0.29, 0.717) is 11.3 Å². The predicted molar refractivity (Wildman–Crippen MR) is 91.3 cm³/mol. The van der Waals surface area contributed by atoms with Crippen molar-refractivity contribution in [2.75, 3.05) is 5.32 Å². The van der Waals surface area contributed by atoms with E-state index < -0.39 is 0 Å². The highest BCUT2D eigenvalue weighted by Crippen LogP contribution is 2.22. The number of aromatic nitrogens is 1. The molecule has 0 aliphatic heterocycles. The van der Waals surface area contributed by atoms with E-state index in [1.54, 1.807) is 18.2 Å². The fourth-order valence-electron chi connectivity index (χ4n) is 2.75. The fourth-order valence-corrected chi connectivity index (χ4v) is 2.75. The van der Waals surface area contributed by atoms with Crippen molar-refractivity contribution in [3.8, 4) is 11.4 Å². The number of para-hydroxylation sites is 1. The van der Waals surface area contributed by atoms with Crippen molar-refractivity contribution in [3.63, 3.8) is 0 Å². The fraction of sp³-hybridized carbons (Fsp3) is 0.105. The number of aryl methyl sites for hydroxylation is 1. The Morgan fingerprint density at radius 2 is 1.74 bits per heavy atom. The van der Waals surface area contributed by atoms with Gasteiger partial charge in [-0.05, 0) is 44.2 Å². The molecule has 0 saturated carbocycles.